The molecule has 0 bridgehead atoms. The Morgan fingerprint density at radius 2 is 2.09 bits per heavy atom. The lowest BCUT2D eigenvalue weighted by Crippen LogP contribution is -2.33. The number of hydrogen-bond donors (Lipinski definition) is 1. The minimum Gasteiger partial charge on any atom is -0.469 e. The number of carbonyl (C=O) groups is 3. The van der Waals surface area contributed by atoms with Crippen LogP contribution in [0.15, 0.2) is 42.7 Å². The van der Waals surface area contributed by atoms with Crippen molar-refractivity contribution in [2.75, 3.05) is 25.1 Å². The van der Waals surface area contributed by atoms with E-state index < -0.39 is 24.0 Å². The molecule has 1 fully saturated rings. The molecule has 1 aromatic carbocycles. The third-order valence-corrected chi connectivity index (χ3v) is 5.09. The van der Waals surface area contributed by atoms with Crippen molar-refractivity contribution in [3.8, 4) is 11.1 Å². The third kappa shape index (κ3) is 5.11. The fourth-order valence-electron chi connectivity index (χ4n) is 3.51. The number of ether oxygens (including phenoxy) is 2. The predicted molar refractivity (Wildman–Crippen MR) is 119 cm³/mol. The van der Waals surface area contributed by atoms with E-state index in [9.17, 15) is 18.8 Å². The van der Waals surface area contributed by atoms with Gasteiger partial charge in [0, 0.05) is 24.9 Å². The molecule has 1 saturated heterocycles. The number of imidazole rings is 1. The maximum absolute atomic E-state index is 15.0. The second-order valence-corrected chi connectivity index (χ2v) is 7.38. The summed E-state index contributed by atoms with van der Waals surface area (Å²) in [6, 6.07) is 7.95. The first kappa shape index (κ1) is 23.7. The monoisotopic (exact) mass is 456 g/mol. The normalized spacial score (nSPS) is 15.2. The Kier molecular flexibility index (Phi) is 6.95. The van der Waals surface area contributed by atoms with Crippen LogP contribution in [0, 0.1) is 5.82 Å². The standard InChI is InChI=1S/C22H21FN4O5.CH4/c1-13(28)24-10-17-12-27(22(30)32-17)16-3-4-18(19(23)9-16)14-5-6-26-11-15(8-21(29)31-2)25-20(26)7-14;/h3-7,9,11,17H,8,10,12H2,1-2H3,(H,24,28);1H4/t17-;/m0./s1. The van der Waals surface area contributed by atoms with Crippen molar-refractivity contribution in [2.24, 2.45) is 0 Å². The molecule has 0 aliphatic carbocycles. The smallest absolute Gasteiger partial charge is 0.414 e. The summed E-state index contributed by atoms with van der Waals surface area (Å²) >= 11 is 0. The van der Waals surface area contributed by atoms with Gasteiger partial charge in [-0.25, -0.2) is 14.2 Å². The SMILES string of the molecule is C.COC(=O)Cc1cn2ccc(-c3ccc(N4C[C@H](CNC(C)=O)OC4=O)cc3F)cc2n1. The molecule has 0 saturated carbocycles. The van der Waals surface area contributed by atoms with Crippen molar-refractivity contribution in [1.29, 1.82) is 0 Å². The average molecular weight is 456 g/mol. The molecule has 0 radical (unpaired) electrons. The van der Waals surface area contributed by atoms with Gasteiger partial charge in [-0.3, -0.25) is 14.5 Å². The van der Waals surface area contributed by atoms with Crippen molar-refractivity contribution in [2.45, 2.75) is 26.9 Å². The number of pyridine rings is 1. The van der Waals surface area contributed by atoms with Crippen LogP contribution in [0.3, 0.4) is 0 Å². The molecule has 2 aromatic heterocycles. The minimum atomic E-state index is -0.593. The molecule has 3 heterocycles. The number of cyclic esters (lactones) is 1. The van der Waals surface area contributed by atoms with Gasteiger partial charge in [0.2, 0.25) is 5.91 Å². The molecular formula is C23H25FN4O5. The Balaban J connectivity index is 0.00000306. The van der Waals surface area contributed by atoms with Gasteiger partial charge in [0.05, 0.1) is 38.0 Å². The molecule has 2 amide bonds. The number of fused-ring (bicyclic) bond motifs is 1. The zero-order chi connectivity index (χ0) is 22.8. The number of methoxy groups -OCH3 is 1. The lowest BCUT2D eigenvalue weighted by atomic mass is 10.1. The minimum absolute atomic E-state index is 0. The summed E-state index contributed by atoms with van der Waals surface area (Å²) in [5, 5.41) is 2.60. The van der Waals surface area contributed by atoms with Gasteiger partial charge in [0.15, 0.2) is 0 Å². The van der Waals surface area contributed by atoms with E-state index in [0.717, 1.165) is 0 Å². The Morgan fingerprint density at radius 1 is 1.30 bits per heavy atom. The molecule has 0 unspecified atom stereocenters. The number of nitrogens with zero attached hydrogens (tertiary/aromatic N) is 3. The summed E-state index contributed by atoms with van der Waals surface area (Å²) in [6.07, 6.45) is 2.40. The van der Waals surface area contributed by atoms with Gasteiger partial charge in [0.1, 0.15) is 17.6 Å². The van der Waals surface area contributed by atoms with Crippen molar-refractivity contribution in [3.05, 3.63) is 54.2 Å². The van der Waals surface area contributed by atoms with Gasteiger partial charge in [0.25, 0.3) is 0 Å². The summed E-state index contributed by atoms with van der Waals surface area (Å²) in [6.45, 7) is 1.78. The quantitative estimate of drug-likeness (QED) is 0.572. The fourth-order valence-corrected chi connectivity index (χ4v) is 3.51. The molecule has 3 aromatic rings. The Morgan fingerprint density at radius 3 is 2.79 bits per heavy atom. The number of nitrogens with one attached hydrogen (secondary N) is 1. The van der Waals surface area contributed by atoms with E-state index in [-0.39, 0.29) is 32.8 Å². The second kappa shape index (κ2) is 9.68. The van der Waals surface area contributed by atoms with E-state index >= 15 is 0 Å². The molecule has 9 nitrogen and oxygen atoms in total. The number of anilines is 1. The summed E-state index contributed by atoms with van der Waals surface area (Å²) in [5.74, 6) is -1.12. The molecule has 1 N–H and O–H groups in total. The van der Waals surface area contributed by atoms with Crippen LogP contribution in [0.1, 0.15) is 20.0 Å². The highest BCUT2D eigenvalue weighted by Crippen LogP contribution is 2.29. The number of carbonyl (C=O) groups excluding carboxylic acids is 3. The van der Waals surface area contributed by atoms with Crippen molar-refractivity contribution >= 4 is 29.3 Å². The number of rotatable bonds is 6. The van der Waals surface area contributed by atoms with Gasteiger partial charge >= 0.3 is 12.1 Å². The third-order valence-electron chi connectivity index (χ3n) is 5.09. The van der Waals surface area contributed by atoms with E-state index in [4.69, 9.17) is 4.74 Å². The van der Waals surface area contributed by atoms with Crippen molar-refractivity contribution in [3.63, 3.8) is 0 Å². The second-order valence-electron chi connectivity index (χ2n) is 7.38. The van der Waals surface area contributed by atoms with Crippen LogP contribution >= 0.6 is 0 Å². The van der Waals surface area contributed by atoms with Gasteiger partial charge in [-0.15, -0.1) is 0 Å². The van der Waals surface area contributed by atoms with Gasteiger partial charge in [-0.1, -0.05) is 7.43 Å². The molecule has 1 aliphatic heterocycles. The van der Waals surface area contributed by atoms with Crippen molar-refractivity contribution in [1.82, 2.24) is 14.7 Å². The number of amides is 2. The number of halogens is 1. The number of aromatic nitrogens is 2. The lowest BCUT2D eigenvalue weighted by molar-refractivity contribution is -0.139. The van der Waals surface area contributed by atoms with Gasteiger partial charge in [-0.05, 0) is 35.9 Å². The topological polar surface area (TPSA) is 102 Å². The molecule has 33 heavy (non-hydrogen) atoms. The molecule has 0 spiro atoms. The highest BCUT2D eigenvalue weighted by Gasteiger charge is 2.32. The van der Waals surface area contributed by atoms with E-state index in [1.807, 2.05) is 0 Å². The Bertz CT molecular complexity index is 1210. The largest absolute Gasteiger partial charge is 0.469 e. The van der Waals surface area contributed by atoms with Gasteiger partial charge < -0.3 is 19.2 Å². The maximum atomic E-state index is 15.0. The van der Waals surface area contributed by atoms with Crippen LogP contribution in [0.5, 0.6) is 0 Å². The number of benzene rings is 1. The lowest BCUT2D eigenvalue weighted by Gasteiger charge is -2.14. The Hall–Kier alpha value is -3.95. The maximum Gasteiger partial charge on any atom is 0.414 e. The summed E-state index contributed by atoms with van der Waals surface area (Å²) in [4.78, 5) is 40.4. The fraction of sp³-hybridized carbons (Fsp3) is 0.304. The van der Waals surface area contributed by atoms with E-state index in [1.54, 1.807) is 41.1 Å². The summed E-state index contributed by atoms with van der Waals surface area (Å²) < 4.78 is 26.6. The Labute approximate surface area is 190 Å². The zero-order valence-corrected chi connectivity index (χ0v) is 17.5. The average Bonchev–Trinajstić information content (AvgIpc) is 3.33. The highest BCUT2D eigenvalue weighted by atomic mass is 19.1. The first-order chi connectivity index (χ1) is 15.3. The predicted octanol–water partition coefficient (Wildman–Crippen LogP) is 2.95. The number of hydrogen-bond acceptors (Lipinski definition) is 6. The van der Waals surface area contributed by atoms with Crippen LogP contribution < -0.4 is 10.2 Å². The van der Waals surface area contributed by atoms with Crippen LogP contribution in [-0.2, 0) is 25.5 Å². The molecule has 174 valence electrons. The number of esters is 1. The first-order valence-electron chi connectivity index (χ1n) is 9.91. The highest BCUT2D eigenvalue weighted by molar-refractivity contribution is 5.90. The summed E-state index contributed by atoms with van der Waals surface area (Å²) in [5.41, 5.74) is 2.42. The molecule has 1 atom stereocenters. The van der Waals surface area contributed by atoms with E-state index in [1.165, 1.54) is 25.0 Å². The molecule has 10 heteroatoms. The van der Waals surface area contributed by atoms with E-state index in [2.05, 4.69) is 15.0 Å². The molecule has 1 aliphatic rings. The van der Waals surface area contributed by atoms with E-state index in [0.29, 0.717) is 28.2 Å². The molecule has 4 rings (SSSR count). The van der Waals surface area contributed by atoms with Gasteiger partial charge in [-0.2, -0.15) is 0 Å². The first-order valence-corrected chi connectivity index (χ1v) is 9.91. The van der Waals surface area contributed by atoms with Crippen molar-refractivity contribution < 1.29 is 28.2 Å². The van der Waals surface area contributed by atoms with Crippen LogP contribution in [0.2, 0.25) is 0 Å². The zero-order valence-electron chi connectivity index (χ0n) is 17.5. The molecular weight excluding hydrogens is 431 g/mol. The van der Waals surface area contributed by atoms with Crippen LogP contribution in [0.4, 0.5) is 14.9 Å². The van der Waals surface area contributed by atoms with Crippen LogP contribution in [-0.4, -0.2) is 53.7 Å². The summed E-state index contributed by atoms with van der Waals surface area (Å²) in [7, 11) is 1.31. The van der Waals surface area contributed by atoms with Crippen LogP contribution in [0.25, 0.3) is 16.8 Å².